The molecule has 1 aromatic heterocycles. The SMILES string of the molecule is OCc1cncc2cc(Oc3ccccc3)ccc12. The Morgan fingerprint density at radius 1 is 0.947 bits per heavy atom. The molecule has 0 aliphatic carbocycles. The minimum absolute atomic E-state index is 0.0107. The zero-order chi connectivity index (χ0) is 13.1. The molecule has 19 heavy (non-hydrogen) atoms. The van der Waals surface area contributed by atoms with Crippen molar-refractivity contribution in [3.05, 3.63) is 66.5 Å². The molecule has 0 saturated heterocycles. The lowest BCUT2D eigenvalue weighted by atomic mass is 10.1. The normalized spacial score (nSPS) is 10.6. The zero-order valence-electron chi connectivity index (χ0n) is 10.3. The molecule has 0 fully saturated rings. The molecule has 0 amide bonds. The second-order valence-electron chi connectivity index (χ2n) is 4.25. The second-order valence-corrected chi connectivity index (χ2v) is 4.25. The summed E-state index contributed by atoms with van der Waals surface area (Å²) in [4.78, 5) is 4.12. The van der Waals surface area contributed by atoms with Gasteiger partial charge in [-0.05, 0) is 29.7 Å². The van der Waals surface area contributed by atoms with E-state index in [4.69, 9.17) is 4.74 Å². The quantitative estimate of drug-likeness (QED) is 0.774. The first kappa shape index (κ1) is 11.7. The van der Waals surface area contributed by atoms with E-state index in [1.54, 1.807) is 12.4 Å². The van der Waals surface area contributed by atoms with Crippen LogP contribution >= 0.6 is 0 Å². The molecule has 0 radical (unpaired) electrons. The largest absolute Gasteiger partial charge is 0.457 e. The maximum absolute atomic E-state index is 9.27. The lowest BCUT2D eigenvalue weighted by Gasteiger charge is -2.08. The van der Waals surface area contributed by atoms with Crippen molar-refractivity contribution in [2.24, 2.45) is 0 Å². The van der Waals surface area contributed by atoms with Gasteiger partial charge in [0.25, 0.3) is 0 Å². The molecular weight excluding hydrogens is 238 g/mol. The van der Waals surface area contributed by atoms with Gasteiger partial charge in [0.1, 0.15) is 11.5 Å². The van der Waals surface area contributed by atoms with E-state index in [1.165, 1.54) is 0 Å². The van der Waals surface area contributed by atoms with Crippen LogP contribution in [0.15, 0.2) is 60.9 Å². The van der Waals surface area contributed by atoms with Gasteiger partial charge in [-0.1, -0.05) is 24.3 Å². The average molecular weight is 251 g/mol. The van der Waals surface area contributed by atoms with E-state index in [2.05, 4.69) is 4.98 Å². The Morgan fingerprint density at radius 3 is 2.58 bits per heavy atom. The molecule has 0 aliphatic heterocycles. The molecule has 0 bridgehead atoms. The molecule has 1 N–H and O–H groups in total. The van der Waals surface area contributed by atoms with Crippen LogP contribution in [0.2, 0.25) is 0 Å². The molecule has 0 spiro atoms. The van der Waals surface area contributed by atoms with Crippen molar-refractivity contribution in [3.63, 3.8) is 0 Å². The fourth-order valence-corrected chi connectivity index (χ4v) is 2.03. The van der Waals surface area contributed by atoms with Gasteiger partial charge < -0.3 is 9.84 Å². The minimum Gasteiger partial charge on any atom is -0.457 e. The second kappa shape index (κ2) is 5.08. The van der Waals surface area contributed by atoms with E-state index in [-0.39, 0.29) is 6.61 Å². The summed E-state index contributed by atoms with van der Waals surface area (Å²) in [6.45, 7) is -0.0107. The number of pyridine rings is 1. The van der Waals surface area contributed by atoms with Gasteiger partial charge in [-0.15, -0.1) is 0 Å². The lowest BCUT2D eigenvalue weighted by Crippen LogP contribution is -1.89. The number of para-hydroxylation sites is 1. The van der Waals surface area contributed by atoms with Crippen LogP contribution in [0.1, 0.15) is 5.56 Å². The zero-order valence-corrected chi connectivity index (χ0v) is 10.3. The smallest absolute Gasteiger partial charge is 0.128 e. The van der Waals surface area contributed by atoms with Crippen molar-refractivity contribution in [1.82, 2.24) is 4.98 Å². The maximum Gasteiger partial charge on any atom is 0.128 e. The Balaban J connectivity index is 1.98. The summed E-state index contributed by atoms with van der Waals surface area (Å²) in [6.07, 6.45) is 3.45. The molecule has 0 unspecified atom stereocenters. The third kappa shape index (κ3) is 2.41. The fraction of sp³-hybridized carbons (Fsp3) is 0.0625. The Hall–Kier alpha value is -2.39. The molecule has 3 aromatic rings. The highest BCUT2D eigenvalue weighted by Gasteiger charge is 2.03. The molecule has 2 aromatic carbocycles. The molecule has 0 saturated carbocycles. The van der Waals surface area contributed by atoms with Crippen LogP contribution in [0.25, 0.3) is 10.8 Å². The fourth-order valence-electron chi connectivity index (χ4n) is 2.03. The van der Waals surface area contributed by atoms with Crippen LogP contribution in [0.3, 0.4) is 0 Å². The van der Waals surface area contributed by atoms with Crippen molar-refractivity contribution in [2.45, 2.75) is 6.61 Å². The summed E-state index contributed by atoms with van der Waals surface area (Å²) in [5.74, 6) is 1.56. The Bertz CT molecular complexity index is 695. The van der Waals surface area contributed by atoms with Crippen LogP contribution in [0, 0.1) is 0 Å². The summed E-state index contributed by atoms with van der Waals surface area (Å²) in [5, 5.41) is 11.2. The summed E-state index contributed by atoms with van der Waals surface area (Å²) < 4.78 is 5.77. The number of aromatic nitrogens is 1. The maximum atomic E-state index is 9.27. The van der Waals surface area contributed by atoms with E-state index < -0.39 is 0 Å². The summed E-state index contributed by atoms with van der Waals surface area (Å²) in [7, 11) is 0. The van der Waals surface area contributed by atoms with Gasteiger partial charge in [0.2, 0.25) is 0 Å². The van der Waals surface area contributed by atoms with Gasteiger partial charge in [-0.2, -0.15) is 0 Å². The number of rotatable bonds is 3. The van der Waals surface area contributed by atoms with Gasteiger partial charge in [0.15, 0.2) is 0 Å². The van der Waals surface area contributed by atoms with Gasteiger partial charge >= 0.3 is 0 Å². The number of benzene rings is 2. The van der Waals surface area contributed by atoms with Crippen LogP contribution in [-0.4, -0.2) is 10.1 Å². The first-order valence-electron chi connectivity index (χ1n) is 6.07. The Morgan fingerprint density at radius 2 is 1.79 bits per heavy atom. The predicted molar refractivity (Wildman–Crippen MR) is 74.2 cm³/mol. The molecule has 0 aliphatic rings. The van der Waals surface area contributed by atoms with Crippen LogP contribution in [-0.2, 0) is 6.61 Å². The highest BCUT2D eigenvalue weighted by atomic mass is 16.5. The summed E-state index contributed by atoms with van der Waals surface area (Å²) >= 11 is 0. The van der Waals surface area contributed by atoms with E-state index >= 15 is 0 Å². The Labute approximate surface area is 111 Å². The van der Waals surface area contributed by atoms with Gasteiger partial charge in [-0.25, -0.2) is 0 Å². The van der Waals surface area contributed by atoms with Crippen molar-refractivity contribution >= 4 is 10.8 Å². The molecular formula is C16H13NO2. The number of aliphatic hydroxyl groups is 1. The van der Waals surface area contributed by atoms with Crippen molar-refractivity contribution < 1.29 is 9.84 Å². The van der Waals surface area contributed by atoms with Crippen molar-refractivity contribution in [3.8, 4) is 11.5 Å². The molecule has 94 valence electrons. The van der Waals surface area contributed by atoms with Crippen LogP contribution in [0.4, 0.5) is 0 Å². The van der Waals surface area contributed by atoms with Gasteiger partial charge in [-0.3, -0.25) is 4.98 Å². The number of nitrogens with zero attached hydrogens (tertiary/aromatic N) is 1. The van der Waals surface area contributed by atoms with Crippen molar-refractivity contribution in [1.29, 1.82) is 0 Å². The third-order valence-electron chi connectivity index (χ3n) is 2.96. The van der Waals surface area contributed by atoms with Gasteiger partial charge in [0, 0.05) is 23.3 Å². The van der Waals surface area contributed by atoms with Crippen LogP contribution < -0.4 is 4.74 Å². The summed E-state index contributed by atoms with van der Waals surface area (Å²) in [5.41, 5.74) is 0.823. The van der Waals surface area contributed by atoms with Gasteiger partial charge in [0.05, 0.1) is 6.61 Å². The number of hydrogen-bond acceptors (Lipinski definition) is 3. The van der Waals surface area contributed by atoms with E-state index in [1.807, 2.05) is 48.5 Å². The van der Waals surface area contributed by atoms with E-state index in [9.17, 15) is 5.11 Å². The predicted octanol–water partition coefficient (Wildman–Crippen LogP) is 3.52. The molecule has 1 heterocycles. The number of aliphatic hydroxyl groups excluding tert-OH is 1. The van der Waals surface area contributed by atoms with Crippen molar-refractivity contribution in [2.75, 3.05) is 0 Å². The first-order chi connectivity index (χ1) is 9.36. The first-order valence-corrected chi connectivity index (χ1v) is 6.07. The topological polar surface area (TPSA) is 42.4 Å². The number of ether oxygens (including phenoxy) is 1. The Kier molecular flexibility index (Phi) is 3.12. The number of fused-ring (bicyclic) bond motifs is 1. The standard InChI is InChI=1S/C16H13NO2/c18-11-13-10-17-9-12-8-15(6-7-16(12)13)19-14-4-2-1-3-5-14/h1-10,18H,11H2. The average Bonchev–Trinajstić information content (AvgIpc) is 2.47. The molecule has 0 atom stereocenters. The third-order valence-corrected chi connectivity index (χ3v) is 2.96. The van der Waals surface area contributed by atoms with Crippen LogP contribution in [0.5, 0.6) is 11.5 Å². The monoisotopic (exact) mass is 251 g/mol. The lowest BCUT2D eigenvalue weighted by molar-refractivity contribution is 0.283. The summed E-state index contributed by atoms with van der Waals surface area (Å²) in [6, 6.07) is 15.4. The molecule has 3 rings (SSSR count). The highest BCUT2D eigenvalue weighted by molar-refractivity contribution is 5.86. The number of hydrogen-bond donors (Lipinski definition) is 1. The molecule has 3 heteroatoms. The molecule has 3 nitrogen and oxygen atoms in total. The van der Waals surface area contributed by atoms with E-state index in [0.29, 0.717) is 0 Å². The van der Waals surface area contributed by atoms with E-state index in [0.717, 1.165) is 27.8 Å². The highest BCUT2D eigenvalue weighted by Crippen LogP contribution is 2.26. The minimum atomic E-state index is -0.0107.